The first kappa shape index (κ1) is 16.1. The van der Waals surface area contributed by atoms with E-state index in [2.05, 4.69) is 10.2 Å². The van der Waals surface area contributed by atoms with E-state index in [9.17, 15) is 9.59 Å². The number of rotatable bonds is 3. The van der Waals surface area contributed by atoms with Crippen LogP contribution in [-0.2, 0) is 20.6 Å². The number of methoxy groups -OCH3 is 1. The predicted octanol–water partition coefficient (Wildman–Crippen LogP) is 0.777. The second-order valence-corrected chi connectivity index (χ2v) is 6.01. The van der Waals surface area contributed by atoms with Crippen LogP contribution in [0.5, 0.6) is 5.75 Å². The minimum absolute atomic E-state index is 0.351. The summed E-state index contributed by atoms with van der Waals surface area (Å²) in [5.74, 6) is 1.81. The zero-order valence-corrected chi connectivity index (χ0v) is 14.9. The van der Waals surface area contributed by atoms with Gasteiger partial charge in [-0.05, 0) is 31.2 Å². The third-order valence-corrected chi connectivity index (χ3v) is 4.64. The molecule has 134 valence electrons. The molecule has 3 heterocycles. The maximum atomic E-state index is 12.7. The molecule has 0 saturated carbocycles. The lowest BCUT2D eigenvalue weighted by Crippen LogP contribution is -2.37. The van der Waals surface area contributed by atoms with E-state index in [1.54, 1.807) is 23.1 Å². The molecule has 0 radical (unpaired) electrons. The molecule has 0 unspecified atom stereocenters. The molecular weight excluding hydrogens is 336 g/mol. The SMILES string of the molecule is CCn1c2c(=O)n(C)c(=O)n(C)c2n2c(-c3ccc(OC)cc3)nnc12. The number of ether oxygens (including phenoxy) is 1. The van der Waals surface area contributed by atoms with Gasteiger partial charge in [0.05, 0.1) is 7.11 Å². The van der Waals surface area contributed by atoms with Crippen molar-refractivity contribution in [3.63, 3.8) is 0 Å². The molecule has 0 amide bonds. The largest absolute Gasteiger partial charge is 0.497 e. The van der Waals surface area contributed by atoms with E-state index < -0.39 is 5.69 Å². The van der Waals surface area contributed by atoms with E-state index in [-0.39, 0.29) is 5.56 Å². The summed E-state index contributed by atoms with van der Waals surface area (Å²) in [7, 11) is 4.72. The topological polar surface area (TPSA) is 88.4 Å². The molecule has 0 bridgehead atoms. The van der Waals surface area contributed by atoms with Gasteiger partial charge in [0.2, 0.25) is 5.78 Å². The van der Waals surface area contributed by atoms with Crippen LogP contribution in [0.4, 0.5) is 0 Å². The lowest BCUT2D eigenvalue weighted by molar-refractivity contribution is 0.415. The molecular formula is C17H18N6O3. The molecule has 0 spiro atoms. The molecule has 4 rings (SSSR count). The maximum Gasteiger partial charge on any atom is 0.332 e. The molecule has 1 aromatic carbocycles. The first-order valence-corrected chi connectivity index (χ1v) is 8.17. The number of nitrogens with zero attached hydrogens (tertiary/aromatic N) is 6. The van der Waals surface area contributed by atoms with Gasteiger partial charge in [0.25, 0.3) is 5.56 Å². The molecule has 0 aliphatic heterocycles. The number of aryl methyl sites for hydroxylation is 2. The Balaban J connectivity index is 2.18. The smallest absolute Gasteiger partial charge is 0.332 e. The van der Waals surface area contributed by atoms with Crippen LogP contribution in [0.3, 0.4) is 0 Å². The fraction of sp³-hybridized carbons (Fsp3) is 0.294. The number of imidazole rings is 1. The highest BCUT2D eigenvalue weighted by atomic mass is 16.5. The average molecular weight is 354 g/mol. The molecule has 3 aromatic heterocycles. The van der Waals surface area contributed by atoms with Gasteiger partial charge in [-0.3, -0.25) is 13.9 Å². The highest BCUT2D eigenvalue weighted by Gasteiger charge is 2.23. The minimum atomic E-state index is -0.396. The summed E-state index contributed by atoms with van der Waals surface area (Å²) >= 11 is 0. The van der Waals surface area contributed by atoms with Crippen molar-refractivity contribution in [1.29, 1.82) is 0 Å². The first-order valence-electron chi connectivity index (χ1n) is 8.17. The summed E-state index contributed by atoms with van der Waals surface area (Å²) in [4.78, 5) is 25.2. The van der Waals surface area contributed by atoms with Gasteiger partial charge in [0, 0.05) is 26.2 Å². The van der Waals surface area contributed by atoms with Gasteiger partial charge in [0.1, 0.15) is 5.75 Å². The number of fused-ring (bicyclic) bond motifs is 3. The molecule has 4 aromatic rings. The van der Waals surface area contributed by atoms with E-state index in [1.807, 2.05) is 31.2 Å². The van der Waals surface area contributed by atoms with Crippen molar-refractivity contribution < 1.29 is 4.74 Å². The lowest BCUT2D eigenvalue weighted by atomic mass is 10.2. The van der Waals surface area contributed by atoms with Gasteiger partial charge in [-0.15, -0.1) is 10.2 Å². The van der Waals surface area contributed by atoms with Crippen LogP contribution in [0.1, 0.15) is 6.92 Å². The van der Waals surface area contributed by atoms with Crippen molar-refractivity contribution in [3.05, 3.63) is 45.1 Å². The van der Waals surface area contributed by atoms with Crippen molar-refractivity contribution in [2.24, 2.45) is 14.1 Å². The van der Waals surface area contributed by atoms with Crippen molar-refractivity contribution in [2.75, 3.05) is 7.11 Å². The number of hydrogen-bond donors (Lipinski definition) is 0. The van der Waals surface area contributed by atoms with Crippen molar-refractivity contribution in [2.45, 2.75) is 13.5 Å². The van der Waals surface area contributed by atoms with Gasteiger partial charge in [0.15, 0.2) is 17.0 Å². The zero-order chi connectivity index (χ0) is 18.6. The predicted molar refractivity (Wildman–Crippen MR) is 96.6 cm³/mol. The second-order valence-electron chi connectivity index (χ2n) is 6.01. The van der Waals surface area contributed by atoms with E-state index in [0.717, 1.165) is 15.9 Å². The second kappa shape index (κ2) is 5.58. The van der Waals surface area contributed by atoms with Crippen LogP contribution in [0.15, 0.2) is 33.9 Å². The minimum Gasteiger partial charge on any atom is -0.497 e. The maximum absolute atomic E-state index is 12.7. The number of hydrogen-bond acceptors (Lipinski definition) is 5. The fourth-order valence-corrected chi connectivity index (χ4v) is 3.28. The summed E-state index contributed by atoms with van der Waals surface area (Å²) < 4.78 is 11.3. The Morgan fingerprint density at radius 2 is 1.73 bits per heavy atom. The molecule has 0 atom stereocenters. The summed E-state index contributed by atoms with van der Waals surface area (Å²) in [5, 5.41) is 8.56. The Kier molecular flexibility index (Phi) is 3.46. The molecule has 0 fully saturated rings. The number of aromatic nitrogens is 6. The Labute approximate surface area is 147 Å². The highest BCUT2D eigenvalue weighted by Crippen LogP contribution is 2.25. The van der Waals surface area contributed by atoms with Gasteiger partial charge in [-0.1, -0.05) is 0 Å². The molecule has 0 aliphatic rings. The van der Waals surface area contributed by atoms with E-state index in [0.29, 0.717) is 29.3 Å². The quantitative estimate of drug-likeness (QED) is 0.542. The van der Waals surface area contributed by atoms with Gasteiger partial charge in [-0.2, -0.15) is 0 Å². The third-order valence-electron chi connectivity index (χ3n) is 4.64. The standard InChI is InChI=1S/C17H18N6O3/c1-5-22-12-14(20(2)17(25)21(3)15(12)24)23-13(18-19-16(22)23)10-6-8-11(26-4)9-7-10/h6-9H,5H2,1-4H3. The van der Waals surface area contributed by atoms with Gasteiger partial charge in [-0.25, -0.2) is 9.20 Å². The first-order chi connectivity index (χ1) is 12.5. The summed E-state index contributed by atoms with van der Waals surface area (Å²) in [5.41, 5.74) is 0.965. The van der Waals surface area contributed by atoms with E-state index >= 15 is 0 Å². The van der Waals surface area contributed by atoms with Gasteiger partial charge >= 0.3 is 5.69 Å². The molecule has 0 aliphatic carbocycles. The zero-order valence-electron chi connectivity index (χ0n) is 14.9. The monoisotopic (exact) mass is 354 g/mol. The molecule has 0 saturated heterocycles. The van der Waals surface area contributed by atoms with Crippen molar-refractivity contribution in [3.8, 4) is 17.1 Å². The van der Waals surface area contributed by atoms with Crippen molar-refractivity contribution in [1.82, 2.24) is 28.3 Å². The van der Waals surface area contributed by atoms with Gasteiger partial charge < -0.3 is 9.30 Å². The third kappa shape index (κ3) is 1.97. The molecule has 9 heteroatoms. The summed E-state index contributed by atoms with van der Waals surface area (Å²) in [6, 6.07) is 7.38. The molecule has 26 heavy (non-hydrogen) atoms. The van der Waals surface area contributed by atoms with E-state index in [1.165, 1.54) is 11.6 Å². The average Bonchev–Trinajstić information content (AvgIpc) is 3.22. The Morgan fingerprint density at radius 3 is 2.35 bits per heavy atom. The van der Waals surface area contributed by atoms with Crippen LogP contribution < -0.4 is 16.0 Å². The number of benzene rings is 1. The summed E-state index contributed by atoms with van der Waals surface area (Å²) in [6.07, 6.45) is 0. The van der Waals surface area contributed by atoms with Crippen LogP contribution in [-0.4, -0.2) is 35.4 Å². The van der Waals surface area contributed by atoms with Crippen LogP contribution >= 0.6 is 0 Å². The van der Waals surface area contributed by atoms with E-state index in [4.69, 9.17) is 4.74 Å². The normalized spacial score (nSPS) is 11.5. The fourth-order valence-electron chi connectivity index (χ4n) is 3.28. The summed E-state index contributed by atoms with van der Waals surface area (Å²) in [6.45, 7) is 2.45. The lowest BCUT2D eigenvalue weighted by Gasteiger charge is -2.06. The molecule has 9 nitrogen and oxygen atoms in total. The van der Waals surface area contributed by atoms with Crippen LogP contribution in [0.25, 0.3) is 28.3 Å². The Hall–Kier alpha value is -3.36. The Bertz CT molecular complexity index is 1260. The molecule has 0 N–H and O–H groups in total. The van der Waals surface area contributed by atoms with Crippen LogP contribution in [0.2, 0.25) is 0 Å². The Morgan fingerprint density at radius 1 is 1.04 bits per heavy atom. The highest BCUT2D eigenvalue weighted by molar-refractivity contribution is 5.79. The van der Waals surface area contributed by atoms with Crippen molar-refractivity contribution >= 4 is 16.9 Å². The van der Waals surface area contributed by atoms with Crippen LogP contribution in [0, 0.1) is 0 Å².